The zero-order chi connectivity index (χ0) is 8.04. The average molecular weight is 145 g/mol. The maximum absolute atomic E-state index is 12.7. The van der Waals surface area contributed by atoms with Gasteiger partial charge in [-0.2, -0.15) is 0 Å². The van der Waals surface area contributed by atoms with Crippen LogP contribution >= 0.6 is 0 Å². The van der Waals surface area contributed by atoms with Crippen molar-refractivity contribution in [3.8, 4) is 0 Å². The number of unbranched alkanes of at least 4 members (excludes halogenated alkanes) is 3. The highest BCUT2D eigenvalue weighted by molar-refractivity contribution is 4.74. The normalized spacial score (nSPS) is 12.0. The van der Waals surface area contributed by atoms with Gasteiger partial charge in [-0.1, -0.05) is 32.6 Å². The number of rotatable bonds is 5. The molecule has 1 heteroatoms. The van der Waals surface area contributed by atoms with Crippen LogP contribution in [0.4, 0.5) is 4.39 Å². The highest BCUT2D eigenvalue weighted by Gasteiger charge is 2.13. The van der Waals surface area contributed by atoms with Crippen LogP contribution < -0.4 is 0 Å². The number of alkyl halides is 1. The Hall–Kier alpha value is -0.0700. The van der Waals surface area contributed by atoms with Crippen LogP contribution in [0.3, 0.4) is 0 Å². The van der Waals surface area contributed by atoms with E-state index in [0.29, 0.717) is 6.42 Å². The lowest BCUT2D eigenvalue weighted by molar-refractivity contribution is 0.230. The predicted molar refractivity (Wildman–Crippen MR) is 43.6 cm³/mol. The molecule has 1 unspecified atom stereocenters. The number of hydrogen-bond acceptors (Lipinski definition) is 0. The Bertz CT molecular complexity index is 71.3. The van der Waals surface area contributed by atoms with Gasteiger partial charge in [0, 0.05) is 0 Å². The first-order valence-electron chi connectivity index (χ1n) is 4.10. The third-order valence-corrected chi connectivity index (χ3v) is 1.55. The van der Waals surface area contributed by atoms with Gasteiger partial charge in [0.2, 0.25) is 0 Å². The molecule has 0 rings (SSSR count). The number of hydrogen-bond donors (Lipinski definition) is 0. The van der Waals surface area contributed by atoms with E-state index in [-0.39, 0.29) is 0 Å². The zero-order valence-electron chi connectivity index (χ0n) is 7.12. The first-order chi connectivity index (χ1) is 4.56. The summed E-state index contributed by atoms with van der Waals surface area (Å²) in [6, 6.07) is 0. The third-order valence-electron chi connectivity index (χ3n) is 1.55. The van der Waals surface area contributed by atoms with Gasteiger partial charge in [-0.25, -0.2) is 4.39 Å². The van der Waals surface area contributed by atoms with Gasteiger partial charge in [0.15, 0.2) is 0 Å². The second-order valence-corrected chi connectivity index (χ2v) is 3.22. The summed E-state index contributed by atoms with van der Waals surface area (Å²) >= 11 is 0. The molecule has 0 aliphatic heterocycles. The topological polar surface area (TPSA) is 0 Å². The molecule has 0 aromatic carbocycles. The summed E-state index contributed by atoms with van der Waals surface area (Å²) in [5.74, 6) is 0. The van der Waals surface area contributed by atoms with Crippen molar-refractivity contribution in [3.63, 3.8) is 0 Å². The van der Waals surface area contributed by atoms with Crippen LogP contribution in [0.5, 0.6) is 0 Å². The van der Waals surface area contributed by atoms with E-state index >= 15 is 0 Å². The molecular weight excluding hydrogens is 127 g/mol. The van der Waals surface area contributed by atoms with E-state index in [2.05, 4.69) is 13.8 Å². The molecule has 0 saturated heterocycles. The molecule has 0 N–H and O–H groups in total. The lowest BCUT2D eigenvalue weighted by atomic mass is 10.0. The SMILES string of the molecule is [CH2]C(C)(F)CCCCCC. The fourth-order valence-corrected chi connectivity index (χ4v) is 0.920. The van der Waals surface area contributed by atoms with E-state index < -0.39 is 5.67 Å². The Balaban J connectivity index is 3.04. The third kappa shape index (κ3) is 7.93. The molecule has 1 radical (unpaired) electrons. The van der Waals surface area contributed by atoms with Crippen molar-refractivity contribution in [2.45, 2.75) is 51.6 Å². The molecule has 1 atom stereocenters. The van der Waals surface area contributed by atoms with Crippen LogP contribution in [0.25, 0.3) is 0 Å². The summed E-state index contributed by atoms with van der Waals surface area (Å²) in [4.78, 5) is 0. The maximum atomic E-state index is 12.7. The van der Waals surface area contributed by atoms with Gasteiger partial charge in [-0.15, -0.1) is 0 Å². The van der Waals surface area contributed by atoms with Crippen molar-refractivity contribution in [2.24, 2.45) is 0 Å². The molecule has 0 bridgehead atoms. The molecule has 0 amide bonds. The van der Waals surface area contributed by atoms with Gasteiger partial charge in [0.25, 0.3) is 0 Å². The van der Waals surface area contributed by atoms with Gasteiger partial charge >= 0.3 is 0 Å². The second-order valence-electron chi connectivity index (χ2n) is 3.22. The molecule has 0 aromatic heterocycles. The van der Waals surface area contributed by atoms with Gasteiger partial charge in [0.05, 0.1) is 0 Å². The van der Waals surface area contributed by atoms with Gasteiger partial charge in [0.1, 0.15) is 5.67 Å². The molecule has 0 aliphatic rings. The summed E-state index contributed by atoms with van der Waals surface area (Å²) < 4.78 is 12.7. The van der Waals surface area contributed by atoms with Crippen LogP contribution in [0.2, 0.25) is 0 Å². The van der Waals surface area contributed by atoms with E-state index in [1.807, 2.05) is 0 Å². The quantitative estimate of drug-likeness (QED) is 0.519. The Morgan fingerprint density at radius 1 is 1.30 bits per heavy atom. The molecule has 0 spiro atoms. The molecule has 0 aliphatic carbocycles. The average Bonchev–Trinajstić information content (AvgIpc) is 1.78. The molecule has 0 saturated carbocycles. The fraction of sp³-hybridized carbons (Fsp3) is 0.889. The van der Waals surface area contributed by atoms with Crippen LogP contribution in [-0.2, 0) is 0 Å². The van der Waals surface area contributed by atoms with Crippen molar-refractivity contribution in [3.05, 3.63) is 6.92 Å². The molecule has 0 fully saturated rings. The van der Waals surface area contributed by atoms with Crippen molar-refractivity contribution >= 4 is 0 Å². The predicted octanol–water partition coefficient (Wildman–Crippen LogP) is 3.52. The summed E-state index contributed by atoms with van der Waals surface area (Å²) in [7, 11) is 0. The van der Waals surface area contributed by atoms with Gasteiger partial charge in [-0.3, -0.25) is 0 Å². The summed E-state index contributed by atoms with van der Waals surface area (Å²) in [6.07, 6.45) is 5.15. The molecule has 61 valence electrons. The smallest absolute Gasteiger partial charge is 0.108 e. The minimum atomic E-state index is -1.20. The Morgan fingerprint density at radius 3 is 2.30 bits per heavy atom. The minimum Gasteiger partial charge on any atom is -0.244 e. The molecule has 0 aromatic rings. The minimum absolute atomic E-state index is 0.604. The summed E-state index contributed by atoms with van der Waals surface area (Å²) in [5, 5.41) is 0. The molecule has 0 nitrogen and oxygen atoms in total. The van der Waals surface area contributed by atoms with E-state index in [0.717, 1.165) is 12.8 Å². The summed E-state index contributed by atoms with van der Waals surface area (Å²) in [5.41, 5.74) is -1.20. The Kier molecular flexibility index (Phi) is 4.67. The van der Waals surface area contributed by atoms with E-state index in [4.69, 9.17) is 0 Å². The second kappa shape index (κ2) is 4.70. The first kappa shape index (κ1) is 9.93. The maximum Gasteiger partial charge on any atom is 0.108 e. The van der Waals surface area contributed by atoms with Crippen LogP contribution in [0.15, 0.2) is 0 Å². The zero-order valence-corrected chi connectivity index (χ0v) is 7.12. The largest absolute Gasteiger partial charge is 0.244 e. The highest BCUT2D eigenvalue weighted by Crippen LogP contribution is 2.17. The molecular formula is C9H18F. The highest BCUT2D eigenvalue weighted by atomic mass is 19.1. The van der Waals surface area contributed by atoms with Gasteiger partial charge < -0.3 is 0 Å². The Morgan fingerprint density at radius 2 is 1.90 bits per heavy atom. The van der Waals surface area contributed by atoms with Crippen LogP contribution in [0.1, 0.15) is 46.0 Å². The van der Waals surface area contributed by atoms with Crippen molar-refractivity contribution in [1.29, 1.82) is 0 Å². The van der Waals surface area contributed by atoms with Crippen molar-refractivity contribution in [2.75, 3.05) is 0 Å². The monoisotopic (exact) mass is 145 g/mol. The Labute approximate surface area is 63.8 Å². The van der Waals surface area contributed by atoms with Crippen LogP contribution in [-0.4, -0.2) is 5.67 Å². The summed E-state index contributed by atoms with van der Waals surface area (Å²) in [6.45, 7) is 7.09. The lowest BCUT2D eigenvalue weighted by Crippen LogP contribution is -2.11. The van der Waals surface area contributed by atoms with E-state index in [1.165, 1.54) is 12.8 Å². The fourth-order valence-electron chi connectivity index (χ4n) is 0.920. The van der Waals surface area contributed by atoms with Crippen molar-refractivity contribution < 1.29 is 4.39 Å². The standard InChI is InChI=1S/C9H18F/c1-4-5-6-7-8-9(2,3)10/h2,4-8H2,1,3H3. The van der Waals surface area contributed by atoms with Crippen molar-refractivity contribution in [1.82, 2.24) is 0 Å². The lowest BCUT2D eigenvalue weighted by Gasteiger charge is -2.12. The number of halogens is 1. The van der Waals surface area contributed by atoms with Crippen LogP contribution in [0, 0.1) is 6.92 Å². The van der Waals surface area contributed by atoms with E-state index in [9.17, 15) is 4.39 Å². The first-order valence-corrected chi connectivity index (χ1v) is 4.10. The molecule has 0 heterocycles. The molecule has 10 heavy (non-hydrogen) atoms. The van der Waals surface area contributed by atoms with Gasteiger partial charge in [-0.05, 0) is 20.3 Å². The van der Waals surface area contributed by atoms with E-state index in [1.54, 1.807) is 6.92 Å².